The average Bonchev–Trinajstić information content (AvgIpc) is 2.29. The summed E-state index contributed by atoms with van der Waals surface area (Å²) in [6, 6.07) is 0. The summed E-state index contributed by atoms with van der Waals surface area (Å²) in [6.07, 6.45) is 6.08. The molecule has 1 unspecified atom stereocenters. The first-order valence-electron chi connectivity index (χ1n) is 7.21. The minimum absolute atomic E-state index is 0.389. The van der Waals surface area contributed by atoms with Crippen molar-refractivity contribution in [2.75, 3.05) is 6.61 Å². The van der Waals surface area contributed by atoms with E-state index in [4.69, 9.17) is 4.74 Å². The molecule has 1 aliphatic carbocycles. The van der Waals surface area contributed by atoms with Crippen LogP contribution in [0, 0.1) is 17.8 Å². The Bertz CT molecular complexity index is 146. The normalized spacial score (nSPS) is 27.2. The average molecular weight is 228 g/mol. The van der Waals surface area contributed by atoms with E-state index in [-0.39, 0.29) is 0 Å². The second-order valence-electron chi connectivity index (χ2n) is 5.38. The highest BCUT2D eigenvalue weighted by atomic mass is 16.5. The minimum atomic E-state index is 0.389. The predicted molar refractivity (Wildman–Crippen MR) is 72.7 cm³/mol. The SMILES string of the molecule is CC.CC1CCC(C(C)COC(C)C)CC1. The van der Waals surface area contributed by atoms with Gasteiger partial charge in [0.1, 0.15) is 0 Å². The van der Waals surface area contributed by atoms with Gasteiger partial charge in [0.05, 0.1) is 6.10 Å². The number of rotatable bonds is 4. The molecule has 0 saturated heterocycles. The number of ether oxygens (including phenoxy) is 1. The van der Waals surface area contributed by atoms with Gasteiger partial charge in [0, 0.05) is 6.61 Å². The third-order valence-electron chi connectivity index (χ3n) is 3.56. The number of hydrogen-bond donors (Lipinski definition) is 0. The quantitative estimate of drug-likeness (QED) is 0.665. The van der Waals surface area contributed by atoms with Crippen molar-refractivity contribution in [1.29, 1.82) is 0 Å². The molecule has 0 aliphatic heterocycles. The fraction of sp³-hybridized carbons (Fsp3) is 1.00. The maximum absolute atomic E-state index is 5.68. The molecule has 1 fully saturated rings. The Morgan fingerprint density at radius 1 is 1.00 bits per heavy atom. The first-order valence-corrected chi connectivity index (χ1v) is 7.21. The molecule has 0 amide bonds. The first-order chi connectivity index (χ1) is 7.59. The molecule has 1 nitrogen and oxygen atoms in total. The smallest absolute Gasteiger partial charge is 0.0519 e. The van der Waals surface area contributed by atoms with Crippen molar-refractivity contribution < 1.29 is 4.74 Å². The molecule has 16 heavy (non-hydrogen) atoms. The highest BCUT2D eigenvalue weighted by Crippen LogP contribution is 2.33. The van der Waals surface area contributed by atoms with E-state index in [0.29, 0.717) is 6.10 Å². The molecule has 0 N–H and O–H groups in total. The summed E-state index contributed by atoms with van der Waals surface area (Å²) in [6.45, 7) is 13.9. The van der Waals surface area contributed by atoms with Crippen molar-refractivity contribution in [2.24, 2.45) is 17.8 Å². The van der Waals surface area contributed by atoms with Crippen molar-refractivity contribution in [1.82, 2.24) is 0 Å². The fourth-order valence-electron chi connectivity index (χ4n) is 2.34. The van der Waals surface area contributed by atoms with Crippen LogP contribution in [0.2, 0.25) is 0 Å². The van der Waals surface area contributed by atoms with Crippen LogP contribution in [0.1, 0.15) is 67.2 Å². The summed E-state index contributed by atoms with van der Waals surface area (Å²) >= 11 is 0. The van der Waals surface area contributed by atoms with E-state index < -0.39 is 0 Å². The standard InChI is InChI=1S/C13H26O.C2H6/c1-10(2)14-9-12(4)13-7-5-11(3)6-8-13;1-2/h10-13H,5-9H2,1-4H3;1-2H3. The van der Waals surface area contributed by atoms with E-state index >= 15 is 0 Å². The summed E-state index contributed by atoms with van der Waals surface area (Å²) in [5.74, 6) is 2.64. The van der Waals surface area contributed by atoms with E-state index in [2.05, 4.69) is 27.7 Å². The van der Waals surface area contributed by atoms with Gasteiger partial charge in [-0.2, -0.15) is 0 Å². The first kappa shape index (κ1) is 16.0. The van der Waals surface area contributed by atoms with Crippen LogP contribution >= 0.6 is 0 Å². The summed E-state index contributed by atoms with van der Waals surface area (Å²) in [5, 5.41) is 0. The molecule has 0 bridgehead atoms. The molecule has 0 heterocycles. The van der Waals surface area contributed by atoms with Gasteiger partial charge in [0.15, 0.2) is 0 Å². The van der Waals surface area contributed by atoms with Crippen molar-refractivity contribution in [3.63, 3.8) is 0 Å². The molecular weight excluding hydrogens is 196 g/mol. The van der Waals surface area contributed by atoms with E-state index in [1.807, 2.05) is 13.8 Å². The maximum Gasteiger partial charge on any atom is 0.0519 e. The van der Waals surface area contributed by atoms with Crippen LogP contribution in [0.4, 0.5) is 0 Å². The highest BCUT2D eigenvalue weighted by molar-refractivity contribution is 4.74. The van der Waals surface area contributed by atoms with E-state index in [9.17, 15) is 0 Å². The van der Waals surface area contributed by atoms with Crippen LogP contribution in [0.5, 0.6) is 0 Å². The molecule has 0 aromatic heterocycles. The zero-order valence-corrected chi connectivity index (χ0v) is 12.3. The van der Waals surface area contributed by atoms with Gasteiger partial charge in [-0.05, 0) is 44.4 Å². The fourth-order valence-corrected chi connectivity index (χ4v) is 2.34. The lowest BCUT2D eigenvalue weighted by Gasteiger charge is -2.31. The van der Waals surface area contributed by atoms with Gasteiger partial charge >= 0.3 is 0 Å². The van der Waals surface area contributed by atoms with Gasteiger partial charge in [-0.3, -0.25) is 0 Å². The molecule has 0 aromatic carbocycles. The van der Waals surface area contributed by atoms with E-state index in [0.717, 1.165) is 24.4 Å². The van der Waals surface area contributed by atoms with Crippen LogP contribution in [0.25, 0.3) is 0 Å². The Morgan fingerprint density at radius 3 is 1.94 bits per heavy atom. The van der Waals surface area contributed by atoms with Gasteiger partial charge in [-0.15, -0.1) is 0 Å². The maximum atomic E-state index is 5.68. The molecule has 0 aromatic rings. The Kier molecular flexibility index (Phi) is 9.02. The van der Waals surface area contributed by atoms with Crippen LogP contribution < -0.4 is 0 Å². The van der Waals surface area contributed by atoms with Gasteiger partial charge in [-0.25, -0.2) is 0 Å². The van der Waals surface area contributed by atoms with E-state index in [1.54, 1.807) is 0 Å². The molecule has 98 valence electrons. The molecule has 1 heteroatoms. The largest absolute Gasteiger partial charge is 0.379 e. The molecule has 1 rings (SSSR count). The zero-order valence-electron chi connectivity index (χ0n) is 12.3. The topological polar surface area (TPSA) is 9.23 Å². The third-order valence-corrected chi connectivity index (χ3v) is 3.56. The van der Waals surface area contributed by atoms with Crippen LogP contribution in [-0.4, -0.2) is 12.7 Å². The minimum Gasteiger partial charge on any atom is -0.379 e. The molecule has 1 aliphatic rings. The van der Waals surface area contributed by atoms with Crippen LogP contribution in [0.3, 0.4) is 0 Å². The van der Waals surface area contributed by atoms with Crippen LogP contribution in [0.15, 0.2) is 0 Å². The lowest BCUT2D eigenvalue weighted by Crippen LogP contribution is -2.23. The molecule has 1 saturated carbocycles. The molecule has 0 radical (unpaired) electrons. The second-order valence-corrected chi connectivity index (χ2v) is 5.38. The second kappa shape index (κ2) is 9.04. The predicted octanol–water partition coefficient (Wildman–Crippen LogP) is 4.90. The Balaban J connectivity index is 0.00000106. The zero-order chi connectivity index (χ0) is 12.6. The van der Waals surface area contributed by atoms with Gasteiger partial charge in [0.2, 0.25) is 0 Å². The van der Waals surface area contributed by atoms with Crippen molar-refractivity contribution in [3.8, 4) is 0 Å². The summed E-state index contributed by atoms with van der Waals surface area (Å²) in [4.78, 5) is 0. The highest BCUT2D eigenvalue weighted by Gasteiger charge is 2.23. The Hall–Kier alpha value is -0.0400. The van der Waals surface area contributed by atoms with Crippen molar-refractivity contribution in [3.05, 3.63) is 0 Å². The number of hydrogen-bond acceptors (Lipinski definition) is 1. The summed E-state index contributed by atoms with van der Waals surface area (Å²) in [7, 11) is 0. The molecule has 0 spiro atoms. The van der Waals surface area contributed by atoms with Crippen LogP contribution in [-0.2, 0) is 4.74 Å². The Morgan fingerprint density at radius 2 is 1.50 bits per heavy atom. The lowest BCUT2D eigenvalue weighted by atomic mass is 9.77. The summed E-state index contributed by atoms with van der Waals surface area (Å²) in [5.41, 5.74) is 0. The summed E-state index contributed by atoms with van der Waals surface area (Å²) < 4.78 is 5.68. The van der Waals surface area contributed by atoms with Gasteiger partial charge in [0.25, 0.3) is 0 Å². The molecule has 1 atom stereocenters. The lowest BCUT2D eigenvalue weighted by molar-refractivity contribution is 0.0317. The van der Waals surface area contributed by atoms with E-state index in [1.165, 1.54) is 25.7 Å². The molecular formula is C15H32O. The monoisotopic (exact) mass is 228 g/mol. The van der Waals surface area contributed by atoms with Crippen molar-refractivity contribution >= 4 is 0 Å². The third kappa shape index (κ3) is 6.52. The van der Waals surface area contributed by atoms with Gasteiger partial charge in [-0.1, -0.05) is 40.5 Å². The van der Waals surface area contributed by atoms with Crippen molar-refractivity contribution in [2.45, 2.75) is 73.3 Å². The Labute approximate surface area is 103 Å². The van der Waals surface area contributed by atoms with Gasteiger partial charge < -0.3 is 4.74 Å².